The lowest BCUT2D eigenvalue weighted by Gasteiger charge is -2.19. The van der Waals surface area contributed by atoms with Gasteiger partial charge in [-0.3, -0.25) is 14.3 Å². The molecule has 8 heteroatoms. The van der Waals surface area contributed by atoms with Crippen molar-refractivity contribution in [3.63, 3.8) is 0 Å². The highest BCUT2D eigenvalue weighted by Gasteiger charge is 2.21. The Kier molecular flexibility index (Phi) is 6.53. The Labute approximate surface area is 172 Å². The Morgan fingerprint density at radius 1 is 1.21 bits per heavy atom. The first-order valence-electron chi connectivity index (χ1n) is 8.76. The van der Waals surface area contributed by atoms with Crippen molar-refractivity contribution in [3.05, 3.63) is 64.1 Å². The summed E-state index contributed by atoms with van der Waals surface area (Å²) in [5.74, 6) is -1.35. The summed E-state index contributed by atoms with van der Waals surface area (Å²) in [4.78, 5) is 25.6. The summed E-state index contributed by atoms with van der Waals surface area (Å²) in [5, 5.41) is 13.9. The molecule has 0 aliphatic carbocycles. The molecule has 3 rings (SSSR count). The van der Waals surface area contributed by atoms with Crippen LogP contribution in [0.5, 0.6) is 0 Å². The number of thiophene rings is 1. The molecule has 2 amide bonds. The first-order chi connectivity index (χ1) is 13.5. The predicted octanol–water partition coefficient (Wildman–Crippen LogP) is 3.63. The topological polar surface area (TPSA) is 76.0 Å². The molecule has 0 saturated carbocycles. The first kappa shape index (κ1) is 20.2. The molecular weight excluding hydrogens is 392 g/mol. The van der Waals surface area contributed by atoms with E-state index in [4.69, 9.17) is 0 Å². The summed E-state index contributed by atoms with van der Waals surface area (Å²) in [5.41, 5.74) is 3.56. The van der Waals surface area contributed by atoms with Crippen molar-refractivity contribution in [3.8, 4) is 0 Å². The van der Waals surface area contributed by atoms with Gasteiger partial charge in [-0.15, -0.1) is 11.8 Å². The number of nitrogens with one attached hydrogen (secondary N) is 2. The molecule has 0 radical (unpaired) electrons. The molecule has 0 fully saturated rings. The molecule has 1 aromatic carbocycles. The van der Waals surface area contributed by atoms with E-state index in [2.05, 4.69) is 15.7 Å². The Balaban J connectivity index is 1.68. The van der Waals surface area contributed by atoms with E-state index in [1.165, 1.54) is 0 Å². The van der Waals surface area contributed by atoms with E-state index >= 15 is 0 Å². The lowest BCUT2D eigenvalue weighted by molar-refractivity contribution is -0.136. The molecule has 28 heavy (non-hydrogen) atoms. The van der Waals surface area contributed by atoms with Crippen molar-refractivity contribution in [1.29, 1.82) is 0 Å². The fourth-order valence-corrected chi connectivity index (χ4v) is 4.10. The molecule has 0 aliphatic rings. The van der Waals surface area contributed by atoms with E-state index < -0.39 is 11.8 Å². The fraction of sp³-hybridized carbons (Fsp3) is 0.250. The number of anilines is 1. The number of hydrogen-bond acceptors (Lipinski definition) is 5. The highest BCUT2D eigenvalue weighted by Crippen LogP contribution is 2.22. The maximum Gasteiger partial charge on any atom is 0.313 e. The van der Waals surface area contributed by atoms with Crippen LogP contribution in [-0.2, 0) is 9.59 Å². The van der Waals surface area contributed by atoms with Crippen molar-refractivity contribution >= 4 is 40.6 Å². The fourth-order valence-electron chi connectivity index (χ4n) is 2.93. The number of carbonyl (C=O) groups is 2. The number of thioether (sulfide) groups is 1. The van der Waals surface area contributed by atoms with Gasteiger partial charge in [-0.2, -0.15) is 16.4 Å². The van der Waals surface area contributed by atoms with Gasteiger partial charge in [0.2, 0.25) is 0 Å². The van der Waals surface area contributed by atoms with Gasteiger partial charge in [0.05, 0.1) is 11.7 Å². The van der Waals surface area contributed by atoms with Crippen LogP contribution in [0.1, 0.15) is 23.0 Å². The maximum atomic E-state index is 12.3. The average Bonchev–Trinajstić information content (AvgIpc) is 3.32. The van der Waals surface area contributed by atoms with Crippen LogP contribution < -0.4 is 10.6 Å². The number of rotatable bonds is 6. The van der Waals surface area contributed by atoms with E-state index in [-0.39, 0.29) is 12.6 Å². The molecule has 0 unspecified atom stereocenters. The van der Waals surface area contributed by atoms with Crippen LogP contribution in [0.15, 0.2) is 52.1 Å². The van der Waals surface area contributed by atoms with Gasteiger partial charge >= 0.3 is 11.8 Å². The second-order valence-corrected chi connectivity index (χ2v) is 8.00. The van der Waals surface area contributed by atoms with Crippen LogP contribution in [-0.4, -0.2) is 34.4 Å². The number of amides is 2. The van der Waals surface area contributed by atoms with Gasteiger partial charge in [0.15, 0.2) is 0 Å². The van der Waals surface area contributed by atoms with Gasteiger partial charge < -0.3 is 10.6 Å². The normalized spacial score (nSPS) is 11.8. The third-order valence-electron chi connectivity index (χ3n) is 4.26. The molecule has 2 heterocycles. The largest absolute Gasteiger partial charge is 0.345 e. The Morgan fingerprint density at radius 2 is 2.04 bits per heavy atom. The zero-order chi connectivity index (χ0) is 20.1. The van der Waals surface area contributed by atoms with Crippen molar-refractivity contribution in [2.24, 2.45) is 0 Å². The highest BCUT2D eigenvalue weighted by molar-refractivity contribution is 7.98. The van der Waals surface area contributed by atoms with Crippen LogP contribution in [0.3, 0.4) is 0 Å². The number of nitrogens with zero attached hydrogens (tertiary/aromatic N) is 2. The highest BCUT2D eigenvalue weighted by atomic mass is 32.2. The molecule has 0 saturated heterocycles. The van der Waals surface area contributed by atoms with Crippen molar-refractivity contribution in [2.75, 3.05) is 18.1 Å². The quantitative estimate of drug-likeness (QED) is 0.477. The third kappa shape index (κ3) is 4.82. The van der Waals surface area contributed by atoms with Gasteiger partial charge in [-0.05, 0) is 66.8 Å². The maximum absolute atomic E-state index is 12.3. The van der Waals surface area contributed by atoms with Crippen LogP contribution in [0, 0.1) is 13.8 Å². The second kappa shape index (κ2) is 9.07. The lowest BCUT2D eigenvalue weighted by atomic mass is 10.1. The summed E-state index contributed by atoms with van der Waals surface area (Å²) < 4.78 is 1.89. The van der Waals surface area contributed by atoms with E-state index in [9.17, 15) is 9.59 Å². The lowest BCUT2D eigenvalue weighted by Crippen LogP contribution is -2.39. The monoisotopic (exact) mass is 414 g/mol. The number of aryl methyl sites for hydroxylation is 2. The number of carbonyl (C=O) groups excluding carboxylic acids is 2. The Bertz CT molecular complexity index is 967. The van der Waals surface area contributed by atoms with Crippen LogP contribution >= 0.6 is 23.1 Å². The van der Waals surface area contributed by atoms with Gasteiger partial charge in [-0.25, -0.2) is 0 Å². The second-order valence-electron chi connectivity index (χ2n) is 6.34. The minimum atomic E-state index is -0.685. The molecule has 6 nitrogen and oxygen atoms in total. The summed E-state index contributed by atoms with van der Waals surface area (Å²) in [6.45, 7) is 4.19. The smallest absolute Gasteiger partial charge is 0.313 e. The van der Waals surface area contributed by atoms with Gasteiger partial charge in [0.25, 0.3) is 0 Å². The minimum Gasteiger partial charge on any atom is -0.345 e. The van der Waals surface area contributed by atoms with E-state index in [0.29, 0.717) is 5.69 Å². The molecule has 0 spiro atoms. The zero-order valence-corrected chi connectivity index (χ0v) is 17.6. The molecule has 3 aromatic rings. The number of hydrogen-bond donors (Lipinski definition) is 2. The first-order valence-corrected chi connectivity index (χ1v) is 10.9. The zero-order valence-electron chi connectivity index (χ0n) is 15.9. The third-order valence-corrected chi connectivity index (χ3v) is 5.68. The van der Waals surface area contributed by atoms with Gasteiger partial charge in [-0.1, -0.05) is 6.07 Å². The van der Waals surface area contributed by atoms with E-state index in [1.54, 1.807) is 29.2 Å². The molecular formula is C20H22N4O2S2. The van der Waals surface area contributed by atoms with E-state index in [0.717, 1.165) is 21.8 Å². The molecule has 2 N–H and O–H groups in total. The molecule has 2 aromatic heterocycles. The molecule has 1 atom stereocenters. The van der Waals surface area contributed by atoms with Gasteiger partial charge in [0, 0.05) is 22.8 Å². The number of benzene rings is 1. The summed E-state index contributed by atoms with van der Waals surface area (Å²) in [6.07, 6.45) is 1.96. The van der Waals surface area contributed by atoms with Gasteiger partial charge in [0.1, 0.15) is 0 Å². The average molecular weight is 415 g/mol. The summed E-state index contributed by atoms with van der Waals surface area (Å²) >= 11 is 3.16. The van der Waals surface area contributed by atoms with Crippen LogP contribution in [0.4, 0.5) is 5.69 Å². The molecule has 0 aliphatic heterocycles. The molecule has 146 valence electrons. The predicted molar refractivity (Wildman–Crippen MR) is 114 cm³/mol. The van der Waals surface area contributed by atoms with E-state index in [1.807, 2.05) is 65.9 Å². The van der Waals surface area contributed by atoms with Crippen molar-refractivity contribution in [1.82, 2.24) is 15.1 Å². The summed E-state index contributed by atoms with van der Waals surface area (Å²) in [7, 11) is 0. The standard InChI is InChI=1S/C20H22N4O2S2/c1-13-9-14(2)24(23-13)18(15-7-8-28-12-15)11-21-19(25)20(26)22-16-5-4-6-17(10-16)27-3/h4-10,12,18H,11H2,1-3H3,(H,21,25)(H,22,26)/t18-/m1/s1. The number of aromatic nitrogens is 2. The Hall–Kier alpha value is -2.58. The minimum absolute atomic E-state index is 0.170. The SMILES string of the molecule is CSc1cccc(NC(=O)C(=O)NC[C@H](c2ccsc2)n2nc(C)cc2C)c1. The molecule has 0 bridgehead atoms. The van der Waals surface area contributed by atoms with Crippen LogP contribution in [0.2, 0.25) is 0 Å². The van der Waals surface area contributed by atoms with Crippen LogP contribution in [0.25, 0.3) is 0 Å². The summed E-state index contributed by atoms with van der Waals surface area (Å²) in [6, 6.07) is 11.2. The Morgan fingerprint density at radius 3 is 2.68 bits per heavy atom. The van der Waals surface area contributed by atoms with Crippen molar-refractivity contribution < 1.29 is 9.59 Å². The van der Waals surface area contributed by atoms with Crippen molar-refractivity contribution in [2.45, 2.75) is 24.8 Å².